The van der Waals surface area contributed by atoms with Gasteiger partial charge in [0.1, 0.15) is 17.6 Å². The molecule has 0 saturated heterocycles. The zero-order valence-electron chi connectivity index (χ0n) is 17.2. The topological polar surface area (TPSA) is 118 Å². The zero-order valence-corrected chi connectivity index (χ0v) is 18.0. The second-order valence-corrected chi connectivity index (χ2v) is 7.79. The summed E-state index contributed by atoms with van der Waals surface area (Å²) in [4.78, 5) is 10.2. The number of benzene rings is 1. The molecule has 0 radical (unpaired) electrons. The molecule has 4 aromatic rings. The summed E-state index contributed by atoms with van der Waals surface area (Å²) >= 11 is 6.05. The van der Waals surface area contributed by atoms with E-state index in [0.29, 0.717) is 41.9 Å². The smallest absolute Gasteiger partial charge is 0.187 e. The molecule has 0 aliphatic carbocycles. The van der Waals surface area contributed by atoms with Crippen molar-refractivity contribution in [2.24, 2.45) is 0 Å². The lowest BCUT2D eigenvalue weighted by Gasteiger charge is -2.10. The van der Waals surface area contributed by atoms with Gasteiger partial charge < -0.3 is 11.1 Å². The molecule has 1 aromatic carbocycles. The Morgan fingerprint density at radius 1 is 1.16 bits per heavy atom. The summed E-state index contributed by atoms with van der Waals surface area (Å²) in [5.41, 5.74) is 11.6. The Morgan fingerprint density at radius 3 is 2.77 bits per heavy atom. The lowest BCUT2D eigenvalue weighted by Crippen LogP contribution is -2.16. The van der Waals surface area contributed by atoms with Gasteiger partial charge in [0, 0.05) is 30.4 Å². The van der Waals surface area contributed by atoms with Gasteiger partial charge in [0.2, 0.25) is 0 Å². The van der Waals surface area contributed by atoms with Crippen molar-refractivity contribution in [1.82, 2.24) is 30.3 Å². The number of halogens is 1. The average Bonchev–Trinajstić information content (AvgIpc) is 3.11. The molecule has 3 N–H and O–H groups in total. The fourth-order valence-corrected chi connectivity index (χ4v) is 3.70. The predicted molar refractivity (Wildman–Crippen MR) is 119 cm³/mol. The van der Waals surface area contributed by atoms with Crippen molar-refractivity contribution >= 4 is 28.3 Å². The minimum atomic E-state index is 0.307. The molecule has 3 heterocycles. The van der Waals surface area contributed by atoms with E-state index in [1.807, 2.05) is 44.2 Å². The molecule has 3 aromatic heterocycles. The summed E-state index contributed by atoms with van der Waals surface area (Å²) in [7, 11) is 0. The summed E-state index contributed by atoms with van der Waals surface area (Å²) in [5.74, 6) is 0.514. The maximum atomic E-state index is 9.46. The minimum absolute atomic E-state index is 0.307. The highest BCUT2D eigenvalue weighted by Gasteiger charge is 2.12. The van der Waals surface area contributed by atoms with Crippen LogP contribution < -0.4 is 11.1 Å². The van der Waals surface area contributed by atoms with Gasteiger partial charge in [-0.05, 0) is 54.8 Å². The second kappa shape index (κ2) is 8.68. The van der Waals surface area contributed by atoms with E-state index in [4.69, 9.17) is 17.3 Å². The molecule has 0 atom stereocenters. The third-order valence-corrected chi connectivity index (χ3v) is 5.24. The Labute approximate surface area is 184 Å². The van der Waals surface area contributed by atoms with Crippen molar-refractivity contribution in [3.8, 4) is 6.07 Å². The predicted octanol–water partition coefficient (Wildman–Crippen LogP) is 3.28. The van der Waals surface area contributed by atoms with Gasteiger partial charge >= 0.3 is 0 Å². The largest absolute Gasteiger partial charge is 0.384 e. The number of rotatable bonds is 6. The number of pyridine rings is 2. The van der Waals surface area contributed by atoms with Crippen LogP contribution in [0.4, 0.5) is 5.82 Å². The van der Waals surface area contributed by atoms with Crippen LogP contribution in [0.5, 0.6) is 0 Å². The second-order valence-electron chi connectivity index (χ2n) is 7.35. The Bertz CT molecular complexity index is 1280. The van der Waals surface area contributed by atoms with Gasteiger partial charge in [0.15, 0.2) is 5.69 Å². The molecule has 0 amide bonds. The van der Waals surface area contributed by atoms with Gasteiger partial charge in [-0.3, -0.25) is 4.98 Å². The van der Waals surface area contributed by atoms with Crippen LogP contribution in [0.25, 0.3) is 10.9 Å². The highest BCUT2D eigenvalue weighted by molar-refractivity contribution is 6.31. The first-order valence-electron chi connectivity index (χ1n) is 9.74. The molecule has 0 bridgehead atoms. The van der Waals surface area contributed by atoms with E-state index < -0.39 is 0 Å². The van der Waals surface area contributed by atoms with Gasteiger partial charge in [0.05, 0.1) is 17.1 Å². The van der Waals surface area contributed by atoms with E-state index in [1.165, 1.54) is 4.80 Å². The molecule has 31 heavy (non-hydrogen) atoms. The summed E-state index contributed by atoms with van der Waals surface area (Å²) < 4.78 is 0. The van der Waals surface area contributed by atoms with Crippen LogP contribution in [0.3, 0.4) is 0 Å². The fourth-order valence-electron chi connectivity index (χ4n) is 3.54. The average molecular weight is 433 g/mol. The van der Waals surface area contributed by atoms with Gasteiger partial charge in [-0.25, -0.2) is 4.98 Å². The number of nitriles is 1. The quantitative estimate of drug-likeness (QED) is 0.479. The maximum absolute atomic E-state index is 9.46. The molecule has 156 valence electrons. The van der Waals surface area contributed by atoms with Crippen LogP contribution >= 0.6 is 11.6 Å². The van der Waals surface area contributed by atoms with Crippen molar-refractivity contribution in [2.75, 3.05) is 5.73 Å². The third kappa shape index (κ3) is 4.63. The van der Waals surface area contributed by atoms with E-state index >= 15 is 0 Å². The van der Waals surface area contributed by atoms with Gasteiger partial charge in [-0.1, -0.05) is 17.7 Å². The number of fused-ring (bicyclic) bond motifs is 1. The van der Waals surface area contributed by atoms with Crippen LogP contribution in [0.15, 0.2) is 36.5 Å². The number of hydrogen-bond acceptors (Lipinski definition) is 7. The highest BCUT2D eigenvalue weighted by Crippen LogP contribution is 2.19. The van der Waals surface area contributed by atoms with Crippen LogP contribution in [-0.4, -0.2) is 25.0 Å². The number of aryl methyl sites for hydroxylation is 2. The summed E-state index contributed by atoms with van der Waals surface area (Å²) in [6, 6.07) is 11.8. The highest BCUT2D eigenvalue weighted by atomic mass is 35.5. The zero-order chi connectivity index (χ0) is 22.0. The minimum Gasteiger partial charge on any atom is -0.384 e. The van der Waals surface area contributed by atoms with E-state index in [0.717, 1.165) is 33.3 Å². The molecule has 0 aliphatic heterocycles. The molecule has 0 spiro atoms. The molecule has 0 aliphatic rings. The number of nitrogen functional groups attached to an aromatic ring is 1. The molecular weight excluding hydrogens is 412 g/mol. The lowest BCUT2D eigenvalue weighted by atomic mass is 10.1. The Morgan fingerprint density at radius 2 is 2.00 bits per heavy atom. The van der Waals surface area contributed by atoms with E-state index in [9.17, 15) is 5.26 Å². The summed E-state index contributed by atoms with van der Waals surface area (Å²) in [6.45, 7) is 5.40. The normalized spacial score (nSPS) is 11.0. The molecule has 0 unspecified atom stereocenters. The first-order valence-corrected chi connectivity index (χ1v) is 10.1. The number of anilines is 1. The first-order chi connectivity index (χ1) is 14.9. The van der Waals surface area contributed by atoms with E-state index in [1.54, 1.807) is 6.20 Å². The standard InChI is InChI=1S/C22H21ClN8/c1-13-5-22(25)28-14(2)18(13)10-26-11-21-20(8-24)29-31(30-21)12-15-3-4-19-16(6-15)7-17(23)9-27-19/h3-7,9,26H,10-12H2,1-2H3,(H2,25,28). The van der Waals surface area contributed by atoms with Gasteiger partial charge in [0.25, 0.3) is 0 Å². The number of aromatic nitrogens is 5. The van der Waals surface area contributed by atoms with E-state index in [-0.39, 0.29) is 0 Å². The SMILES string of the molecule is Cc1cc(N)nc(C)c1CNCc1nn(Cc2ccc3ncc(Cl)cc3c2)nc1C#N. The first kappa shape index (κ1) is 20.7. The van der Waals surface area contributed by atoms with Gasteiger partial charge in [-0.2, -0.15) is 15.2 Å². The Hall–Kier alpha value is -3.54. The van der Waals surface area contributed by atoms with Crippen molar-refractivity contribution in [1.29, 1.82) is 5.26 Å². The van der Waals surface area contributed by atoms with Crippen LogP contribution in [-0.2, 0) is 19.6 Å². The molecule has 0 saturated carbocycles. The molecule has 0 fully saturated rings. The number of nitrogens with one attached hydrogen (secondary N) is 1. The Kier molecular flexibility index (Phi) is 5.80. The third-order valence-electron chi connectivity index (χ3n) is 5.04. The number of nitrogens with zero attached hydrogens (tertiary/aromatic N) is 6. The maximum Gasteiger partial charge on any atom is 0.187 e. The van der Waals surface area contributed by atoms with E-state index in [2.05, 4.69) is 31.6 Å². The van der Waals surface area contributed by atoms with Crippen molar-refractivity contribution in [3.05, 3.63) is 75.3 Å². The summed E-state index contributed by atoms with van der Waals surface area (Å²) in [6.07, 6.45) is 1.63. The Balaban J connectivity index is 1.47. The molecule has 9 heteroatoms. The van der Waals surface area contributed by atoms with Gasteiger partial charge in [-0.15, -0.1) is 5.10 Å². The molecule has 8 nitrogen and oxygen atoms in total. The van der Waals surface area contributed by atoms with Crippen LogP contribution in [0.1, 0.15) is 33.8 Å². The fraction of sp³-hybridized carbons (Fsp3) is 0.227. The lowest BCUT2D eigenvalue weighted by molar-refractivity contribution is 0.575. The van der Waals surface area contributed by atoms with Crippen molar-refractivity contribution in [3.63, 3.8) is 0 Å². The van der Waals surface area contributed by atoms with Crippen molar-refractivity contribution in [2.45, 2.75) is 33.5 Å². The number of nitrogens with two attached hydrogens (primary N) is 1. The van der Waals surface area contributed by atoms with Crippen LogP contribution in [0.2, 0.25) is 5.02 Å². The summed E-state index contributed by atoms with van der Waals surface area (Å²) in [5, 5.41) is 23.2. The van der Waals surface area contributed by atoms with Crippen molar-refractivity contribution < 1.29 is 0 Å². The molecular formula is C22H21ClN8. The molecule has 4 rings (SSSR count). The van der Waals surface area contributed by atoms with Crippen LogP contribution in [0, 0.1) is 25.2 Å². The monoisotopic (exact) mass is 432 g/mol. The number of hydrogen-bond donors (Lipinski definition) is 2.